The average Bonchev–Trinajstić information content (AvgIpc) is 2.59. The van der Waals surface area contributed by atoms with Crippen molar-refractivity contribution in [3.8, 4) is 6.07 Å². The molecule has 0 heterocycles. The van der Waals surface area contributed by atoms with Crippen LogP contribution in [0.1, 0.15) is 17.5 Å². The number of hydrogen-bond acceptors (Lipinski definition) is 4. The number of amides is 1. The second kappa shape index (κ2) is 8.46. The molecule has 6 nitrogen and oxygen atoms in total. The standard InChI is InChI=1S/C18H17N3O3/c19-11-13-6-8-15(9-7-13)21-18(24)16(10-17(22)23)20-12-14-4-2-1-3-5-14/h1-9,16,20H,10,12H2,(H,21,24)(H,22,23). The Morgan fingerprint density at radius 2 is 1.75 bits per heavy atom. The van der Waals surface area contributed by atoms with Crippen LogP contribution in [0.2, 0.25) is 0 Å². The zero-order valence-electron chi connectivity index (χ0n) is 12.9. The highest BCUT2D eigenvalue weighted by atomic mass is 16.4. The Balaban J connectivity index is 2.01. The number of aliphatic carboxylic acids is 1. The maximum absolute atomic E-state index is 12.3. The predicted molar refractivity (Wildman–Crippen MR) is 89.1 cm³/mol. The summed E-state index contributed by atoms with van der Waals surface area (Å²) in [5.74, 6) is -1.49. The molecule has 0 saturated carbocycles. The van der Waals surface area contributed by atoms with Crippen molar-refractivity contribution in [1.82, 2.24) is 5.32 Å². The summed E-state index contributed by atoms with van der Waals surface area (Å²) < 4.78 is 0. The minimum Gasteiger partial charge on any atom is -0.481 e. The normalized spacial score (nSPS) is 11.3. The number of nitrogens with zero attached hydrogens (tertiary/aromatic N) is 1. The number of carbonyl (C=O) groups excluding carboxylic acids is 1. The molecule has 0 fully saturated rings. The van der Waals surface area contributed by atoms with E-state index in [1.807, 2.05) is 36.4 Å². The second-order valence-corrected chi connectivity index (χ2v) is 5.20. The van der Waals surface area contributed by atoms with E-state index in [0.717, 1.165) is 5.56 Å². The lowest BCUT2D eigenvalue weighted by Crippen LogP contribution is -2.41. The third-order valence-corrected chi connectivity index (χ3v) is 3.37. The monoisotopic (exact) mass is 323 g/mol. The summed E-state index contributed by atoms with van der Waals surface area (Å²) in [6.45, 7) is 0.388. The summed E-state index contributed by atoms with van der Waals surface area (Å²) in [5, 5.41) is 23.4. The van der Waals surface area contributed by atoms with Gasteiger partial charge in [-0.05, 0) is 29.8 Å². The fourth-order valence-electron chi connectivity index (χ4n) is 2.13. The zero-order chi connectivity index (χ0) is 17.4. The van der Waals surface area contributed by atoms with Gasteiger partial charge in [0.15, 0.2) is 0 Å². The van der Waals surface area contributed by atoms with Crippen molar-refractivity contribution in [2.45, 2.75) is 19.0 Å². The molecule has 0 bridgehead atoms. The average molecular weight is 323 g/mol. The lowest BCUT2D eigenvalue weighted by molar-refractivity contribution is -0.139. The molecule has 0 saturated heterocycles. The second-order valence-electron chi connectivity index (χ2n) is 5.20. The van der Waals surface area contributed by atoms with Gasteiger partial charge in [-0.15, -0.1) is 0 Å². The highest BCUT2D eigenvalue weighted by Crippen LogP contribution is 2.10. The Labute approximate surface area is 139 Å². The number of rotatable bonds is 7. The Hall–Kier alpha value is -3.17. The van der Waals surface area contributed by atoms with Gasteiger partial charge in [0.2, 0.25) is 5.91 Å². The van der Waals surface area contributed by atoms with Crippen LogP contribution in [0.5, 0.6) is 0 Å². The molecule has 6 heteroatoms. The summed E-state index contributed by atoms with van der Waals surface area (Å²) in [6.07, 6.45) is -0.324. The summed E-state index contributed by atoms with van der Waals surface area (Å²) >= 11 is 0. The van der Waals surface area contributed by atoms with Crippen molar-refractivity contribution >= 4 is 17.6 Å². The Kier molecular flexibility index (Phi) is 6.06. The lowest BCUT2D eigenvalue weighted by Gasteiger charge is -2.17. The maximum Gasteiger partial charge on any atom is 0.305 e. The van der Waals surface area contributed by atoms with E-state index < -0.39 is 17.9 Å². The largest absolute Gasteiger partial charge is 0.481 e. The molecule has 0 aliphatic rings. The van der Waals surface area contributed by atoms with Crippen LogP contribution >= 0.6 is 0 Å². The van der Waals surface area contributed by atoms with Crippen LogP contribution in [-0.2, 0) is 16.1 Å². The quantitative estimate of drug-likeness (QED) is 0.724. The maximum atomic E-state index is 12.3. The first kappa shape index (κ1) is 17.2. The highest BCUT2D eigenvalue weighted by molar-refractivity contribution is 5.96. The zero-order valence-corrected chi connectivity index (χ0v) is 12.9. The minimum absolute atomic E-state index is 0.324. The molecular formula is C18H17N3O3. The summed E-state index contributed by atoms with van der Waals surface area (Å²) in [6, 6.07) is 16.9. The van der Waals surface area contributed by atoms with Gasteiger partial charge in [0.1, 0.15) is 0 Å². The van der Waals surface area contributed by atoms with Gasteiger partial charge in [0, 0.05) is 12.2 Å². The van der Waals surface area contributed by atoms with E-state index in [9.17, 15) is 9.59 Å². The van der Waals surface area contributed by atoms with Crippen LogP contribution in [0.25, 0.3) is 0 Å². The van der Waals surface area contributed by atoms with Gasteiger partial charge in [0.05, 0.1) is 24.1 Å². The van der Waals surface area contributed by atoms with Gasteiger partial charge in [-0.3, -0.25) is 9.59 Å². The predicted octanol–water partition coefficient (Wildman–Crippen LogP) is 2.13. The number of carboxylic acid groups (broad SMARTS) is 1. The van der Waals surface area contributed by atoms with Crippen LogP contribution in [0.3, 0.4) is 0 Å². The van der Waals surface area contributed by atoms with Crippen molar-refractivity contribution < 1.29 is 14.7 Å². The van der Waals surface area contributed by atoms with Crippen molar-refractivity contribution in [2.75, 3.05) is 5.32 Å². The summed E-state index contributed by atoms with van der Waals surface area (Å²) in [7, 11) is 0. The number of carboxylic acids is 1. The summed E-state index contributed by atoms with van der Waals surface area (Å²) in [5.41, 5.74) is 1.95. The first-order chi connectivity index (χ1) is 11.6. The van der Waals surface area contributed by atoms with E-state index in [1.54, 1.807) is 24.3 Å². The van der Waals surface area contributed by atoms with E-state index >= 15 is 0 Å². The van der Waals surface area contributed by atoms with Crippen LogP contribution in [-0.4, -0.2) is 23.0 Å². The van der Waals surface area contributed by atoms with E-state index in [1.165, 1.54) is 0 Å². The Morgan fingerprint density at radius 3 is 2.33 bits per heavy atom. The molecule has 0 radical (unpaired) electrons. The highest BCUT2D eigenvalue weighted by Gasteiger charge is 2.21. The number of carbonyl (C=O) groups is 2. The third kappa shape index (κ3) is 5.23. The van der Waals surface area contributed by atoms with Crippen LogP contribution in [0.4, 0.5) is 5.69 Å². The number of nitrogens with one attached hydrogen (secondary N) is 2. The van der Waals surface area contributed by atoms with Gasteiger partial charge in [-0.25, -0.2) is 0 Å². The molecule has 2 rings (SSSR count). The van der Waals surface area contributed by atoms with Gasteiger partial charge in [0.25, 0.3) is 0 Å². The van der Waals surface area contributed by atoms with Crippen molar-refractivity contribution in [1.29, 1.82) is 5.26 Å². The smallest absolute Gasteiger partial charge is 0.305 e. The third-order valence-electron chi connectivity index (χ3n) is 3.37. The van der Waals surface area contributed by atoms with Crippen molar-refractivity contribution in [2.24, 2.45) is 0 Å². The molecule has 24 heavy (non-hydrogen) atoms. The molecule has 1 amide bonds. The topological polar surface area (TPSA) is 102 Å². The first-order valence-corrected chi connectivity index (χ1v) is 7.38. The molecule has 2 aromatic carbocycles. The molecule has 122 valence electrons. The Morgan fingerprint density at radius 1 is 1.08 bits per heavy atom. The van der Waals surface area contributed by atoms with Gasteiger partial charge < -0.3 is 15.7 Å². The molecule has 3 N–H and O–H groups in total. The SMILES string of the molecule is N#Cc1ccc(NC(=O)C(CC(=O)O)NCc2ccccc2)cc1. The summed E-state index contributed by atoms with van der Waals surface area (Å²) in [4.78, 5) is 23.3. The van der Waals surface area contributed by atoms with Gasteiger partial charge >= 0.3 is 5.97 Å². The van der Waals surface area contributed by atoms with Gasteiger partial charge in [-0.1, -0.05) is 30.3 Å². The molecule has 2 aromatic rings. The number of benzene rings is 2. The van der Waals surface area contributed by atoms with Crippen LogP contribution in [0, 0.1) is 11.3 Å². The molecule has 1 unspecified atom stereocenters. The number of nitriles is 1. The van der Waals surface area contributed by atoms with Gasteiger partial charge in [-0.2, -0.15) is 5.26 Å². The van der Waals surface area contributed by atoms with Crippen LogP contribution in [0.15, 0.2) is 54.6 Å². The first-order valence-electron chi connectivity index (χ1n) is 7.38. The Bertz CT molecular complexity index is 736. The van der Waals surface area contributed by atoms with E-state index in [-0.39, 0.29) is 6.42 Å². The van der Waals surface area contributed by atoms with E-state index in [0.29, 0.717) is 17.8 Å². The lowest BCUT2D eigenvalue weighted by atomic mass is 10.1. The molecule has 0 aliphatic heterocycles. The fraction of sp³-hybridized carbons (Fsp3) is 0.167. The molecule has 0 aromatic heterocycles. The minimum atomic E-state index is -1.06. The van der Waals surface area contributed by atoms with Crippen molar-refractivity contribution in [3.05, 3.63) is 65.7 Å². The molecular weight excluding hydrogens is 306 g/mol. The number of hydrogen-bond donors (Lipinski definition) is 3. The molecule has 0 spiro atoms. The molecule has 0 aliphatic carbocycles. The van der Waals surface area contributed by atoms with E-state index in [4.69, 9.17) is 10.4 Å². The fourth-order valence-corrected chi connectivity index (χ4v) is 2.13. The van der Waals surface area contributed by atoms with Crippen LogP contribution < -0.4 is 10.6 Å². The van der Waals surface area contributed by atoms with Crippen molar-refractivity contribution in [3.63, 3.8) is 0 Å². The molecule has 1 atom stereocenters. The number of anilines is 1. The van der Waals surface area contributed by atoms with E-state index in [2.05, 4.69) is 10.6 Å².